The van der Waals surface area contributed by atoms with E-state index in [1.807, 2.05) is 0 Å². The SMILES string of the molecule is N[C@@H](CCC(=O)On1ccnc1)C(=O)O. The van der Waals surface area contributed by atoms with Gasteiger partial charge in [0.1, 0.15) is 12.4 Å². The first-order valence-electron chi connectivity index (χ1n) is 4.27. The molecule has 7 heteroatoms. The minimum atomic E-state index is -1.13. The van der Waals surface area contributed by atoms with Gasteiger partial charge in [-0.15, -0.1) is 0 Å². The molecule has 0 fully saturated rings. The first-order chi connectivity index (χ1) is 7.09. The first-order valence-corrected chi connectivity index (χ1v) is 4.27. The molecular weight excluding hydrogens is 202 g/mol. The fraction of sp³-hybridized carbons (Fsp3) is 0.375. The molecule has 0 spiro atoms. The molecule has 0 aliphatic rings. The normalized spacial score (nSPS) is 12.1. The number of hydrogen-bond acceptors (Lipinski definition) is 5. The summed E-state index contributed by atoms with van der Waals surface area (Å²) in [5.74, 6) is -1.69. The Morgan fingerprint density at radius 3 is 2.87 bits per heavy atom. The van der Waals surface area contributed by atoms with Crippen LogP contribution in [-0.4, -0.2) is 32.8 Å². The van der Waals surface area contributed by atoms with E-state index in [4.69, 9.17) is 15.7 Å². The maximum atomic E-state index is 11.1. The van der Waals surface area contributed by atoms with Gasteiger partial charge in [-0.05, 0) is 6.42 Å². The smallest absolute Gasteiger partial charge is 0.333 e. The van der Waals surface area contributed by atoms with Crippen LogP contribution in [0.5, 0.6) is 0 Å². The number of carboxylic acids is 1. The van der Waals surface area contributed by atoms with Gasteiger partial charge >= 0.3 is 11.9 Å². The Kier molecular flexibility index (Phi) is 3.81. The molecule has 0 unspecified atom stereocenters. The number of nitrogens with zero attached hydrogens (tertiary/aromatic N) is 2. The Morgan fingerprint density at radius 1 is 1.60 bits per heavy atom. The standard InChI is InChI=1S/C8H11N3O4/c9-6(8(13)14)1-2-7(12)15-11-4-3-10-5-11/h3-6H,1-2,9H2,(H,13,14)/t6-/m0/s1. The number of hydrogen-bond donors (Lipinski definition) is 2. The number of nitrogens with two attached hydrogens (primary N) is 1. The highest BCUT2D eigenvalue weighted by atomic mass is 16.7. The van der Waals surface area contributed by atoms with Gasteiger partial charge in [0.15, 0.2) is 0 Å². The van der Waals surface area contributed by atoms with Crippen molar-refractivity contribution in [1.82, 2.24) is 9.71 Å². The van der Waals surface area contributed by atoms with E-state index in [2.05, 4.69) is 4.98 Å². The summed E-state index contributed by atoms with van der Waals surface area (Å²) in [4.78, 5) is 29.9. The Bertz CT molecular complexity index is 336. The van der Waals surface area contributed by atoms with Gasteiger partial charge in [0.2, 0.25) is 0 Å². The summed E-state index contributed by atoms with van der Waals surface area (Å²) in [6.07, 6.45) is 4.22. The van der Waals surface area contributed by atoms with Gasteiger partial charge in [-0.2, -0.15) is 4.73 Å². The van der Waals surface area contributed by atoms with E-state index in [0.717, 1.165) is 4.73 Å². The van der Waals surface area contributed by atoms with Gasteiger partial charge < -0.3 is 15.7 Å². The van der Waals surface area contributed by atoms with Crippen LogP contribution in [0.25, 0.3) is 0 Å². The number of carbonyl (C=O) groups excluding carboxylic acids is 1. The summed E-state index contributed by atoms with van der Waals surface area (Å²) < 4.78 is 1.13. The third-order valence-corrected chi connectivity index (χ3v) is 1.66. The zero-order valence-corrected chi connectivity index (χ0v) is 7.87. The van der Waals surface area contributed by atoms with E-state index >= 15 is 0 Å². The molecule has 15 heavy (non-hydrogen) atoms. The van der Waals surface area contributed by atoms with Crippen LogP contribution < -0.4 is 10.6 Å². The molecule has 0 aliphatic heterocycles. The number of imidazole rings is 1. The monoisotopic (exact) mass is 213 g/mol. The predicted molar refractivity (Wildman–Crippen MR) is 48.7 cm³/mol. The average Bonchev–Trinajstić information content (AvgIpc) is 2.66. The van der Waals surface area contributed by atoms with Gasteiger partial charge in [0, 0.05) is 6.20 Å². The molecule has 1 aromatic heterocycles. The summed E-state index contributed by atoms with van der Waals surface area (Å²) >= 11 is 0. The van der Waals surface area contributed by atoms with Gasteiger partial charge in [0.25, 0.3) is 0 Å². The van der Waals surface area contributed by atoms with Crippen molar-refractivity contribution in [3.63, 3.8) is 0 Å². The van der Waals surface area contributed by atoms with Crippen molar-refractivity contribution in [2.24, 2.45) is 5.73 Å². The van der Waals surface area contributed by atoms with E-state index in [1.54, 1.807) is 0 Å². The summed E-state index contributed by atoms with van der Waals surface area (Å²) in [6.45, 7) is 0. The van der Waals surface area contributed by atoms with Crippen molar-refractivity contribution < 1.29 is 19.5 Å². The van der Waals surface area contributed by atoms with Crippen LogP contribution in [0.4, 0.5) is 0 Å². The lowest BCUT2D eigenvalue weighted by atomic mass is 10.2. The van der Waals surface area contributed by atoms with Crippen molar-refractivity contribution in [2.45, 2.75) is 18.9 Å². The lowest BCUT2D eigenvalue weighted by Crippen LogP contribution is -2.31. The molecule has 0 amide bonds. The fourth-order valence-corrected chi connectivity index (χ4v) is 0.861. The molecule has 3 N–H and O–H groups in total. The number of aromatic nitrogens is 2. The van der Waals surface area contributed by atoms with Gasteiger partial charge in [0.05, 0.1) is 12.6 Å². The Hall–Kier alpha value is -1.89. The molecule has 0 saturated heterocycles. The molecule has 1 aromatic rings. The molecular formula is C8H11N3O4. The van der Waals surface area contributed by atoms with E-state index in [9.17, 15) is 9.59 Å². The summed E-state index contributed by atoms with van der Waals surface area (Å²) in [5, 5.41) is 8.46. The zero-order valence-electron chi connectivity index (χ0n) is 7.87. The van der Waals surface area contributed by atoms with Crippen LogP contribution in [0.15, 0.2) is 18.7 Å². The van der Waals surface area contributed by atoms with Crippen LogP contribution in [-0.2, 0) is 9.59 Å². The van der Waals surface area contributed by atoms with Crippen LogP contribution in [0.3, 0.4) is 0 Å². The van der Waals surface area contributed by atoms with E-state index in [-0.39, 0.29) is 12.8 Å². The quantitative estimate of drug-likeness (QED) is 0.651. The van der Waals surface area contributed by atoms with E-state index < -0.39 is 18.0 Å². The second kappa shape index (κ2) is 5.11. The zero-order chi connectivity index (χ0) is 11.3. The summed E-state index contributed by atoms with van der Waals surface area (Å²) in [5.41, 5.74) is 5.21. The van der Waals surface area contributed by atoms with Crippen molar-refractivity contribution in [3.05, 3.63) is 18.7 Å². The third-order valence-electron chi connectivity index (χ3n) is 1.66. The molecule has 1 rings (SSSR count). The minimum Gasteiger partial charge on any atom is -0.480 e. The highest BCUT2D eigenvalue weighted by Gasteiger charge is 2.14. The van der Waals surface area contributed by atoms with Gasteiger partial charge in [-0.25, -0.2) is 9.78 Å². The van der Waals surface area contributed by atoms with Crippen LogP contribution >= 0.6 is 0 Å². The minimum absolute atomic E-state index is 0.0445. The Labute approximate surface area is 85.4 Å². The highest BCUT2D eigenvalue weighted by Crippen LogP contribution is 1.96. The topological polar surface area (TPSA) is 107 Å². The molecule has 1 heterocycles. The Balaban J connectivity index is 2.28. The van der Waals surface area contributed by atoms with Crippen LogP contribution in [0.2, 0.25) is 0 Å². The highest BCUT2D eigenvalue weighted by molar-refractivity contribution is 5.75. The molecule has 7 nitrogen and oxygen atoms in total. The van der Waals surface area contributed by atoms with Gasteiger partial charge in [-0.3, -0.25) is 4.79 Å². The first kappa shape index (κ1) is 11.2. The molecule has 0 radical (unpaired) electrons. The largest absolute Gasteiger partial charge is 0.480 e. The molecule has 82 valence electrons. The molecule has 0 bridgehead atoms. The summed E-state index contributed by atoms with van der Waals surface area (Å²) in [6, 6.07) is -1.04. The maximum Gasteiger partial charge on any atom is 0.333 e. The number of carbonyl (C=O) groups is 2. The van der Waals surface area contributed by atoms with Crippen LogP contribution in [0, 0.1) is 0 Å². The second-order valence-electron chi connectivity index (χ2n) is 2.87. The second-order valence-corrected chi connectivity index (χ2v) is 2.87. The van der Waals surface area contributed by atoms with Crippen molar-refractivity contribution in [1.29, 1.82) is 0 Å². The van der Waals surface area contributed by atoms with Crippen molar-refractivity contribution >= 4 is 11.9 Å². The van der Waals surface area contributed by atoms with E-state index in [0.29, 0.717) is 0 Å². The molecule has 0 aromatic carbocycles. The number of carboxylic acid groups (broad SMARTS) is 1. The average molecular weight is 213 g/mol. The number of rotatable bonds is 5. The Morgan fingerprint density at radius 2 is 2.33 bits per heavy atom. The van der Waals surface area contributed by atoms with Gasteiger partial charge in [-0.1, -0.05) is 0 Å². The fourth-order valence-electron chi connectivity index (χ4n) is 0.861. The van der Waals surface area contributed by atoms with E-state index in [1.165, 1.54) is 18.7 Å². The maximum absolute atomic E-state index is 11.1. The van der Waals surface area contributed by atoms with Crippen LogP contribution in [0.1, 0.15) is 12.8 Å². The lowest BCUT2D eigenvalue weighted by molar-refractivity contribution is -0.144. The van der Waals surface area contributed by atoms with Crippen molar-refractivity contribution in [3.8, 4) is 0 Å². The molecule has 0 aliphatic carbocycles. The lowest BCUT2D eigenvalue weighted by Gasteiger charge is -2.05. The predicted octanol–water partition coefficient (Wildman–Crippen LogP) is -0.970. The number of aliphatic carboxylic acids is 1. The molecule has 1 atom stereocenters. The van der Waals surface area contributed by atoms with Crippen molar-refractivity contribution in [2.75, 3.05) is 0 Å². The summed E-state index contributed by atoms with van der Waals surface area (Å²) in [7, 11) is 0. The molecule has 0 saturated carbocycles. The third kappa shape index (κ3) is 3.77.